The Balaban J connectivity index is 1.85. The Bertz CT molecular complexity index is 525. The van der Waals surface area contributed by atoms with Crippen molar-refractivity contribution < 1.29 is 14.7 Å². The lowest BCUT2D eigenvalue weighted by molar-refractivity contribution is -0.143. The number of carbonyl (C=O) groups is 2. The monoisotopic (exact) mass is 295 g/mol. The summed E-state index contributed by atoms with van der Waals surface area (Å²) in [6, 6.07) is 0.832. The van der Waals surface area contributed by atoms with Gasteiger partial charge in [0.2, 0.25) is 0 Å². The molecule has 0 spiro atoms. The molecular formula is C13H17N3O3S. The fraction of sp³-hybridized carbons (Fsp3) is 0.538. The number of amides is 2. The van der Waals surface area contributed by atoms with Gasteiger partial charge in [0.25, 0.3) is 0 Å². The molecule has 1 fully saturated rings. The molecule has 0 saturated carbocycles. The third-order valence-corrected chi connectivity index (χ3v) is 4.83. The van der Waals surface area contributed by atoms with Gasteiger partial charge in [-0.1, -0.05) is 0 Å². The molecule has 1 aromatic rings. The first-order valence-corrected chi connectivity index (χ1v) is 7.62. The first kappa shape index (κ1) is 13.4. The van der Waals surface area contributed by atoms with Gasteiger partial charge < -0.3 is 20.2 Å². The number of fused-ring (bicyclic) bond motifs is 1. The lowest BCUT2D eigenvalue weighted by atomic mass is 10.0. The first-order valence-electron chi connectivity index (χ1n) is 6.74. The summed E-state index contributed by atoms with van der Waals surface area (Å²) in [6.45, 7) is 3.28. The molecule has 7 heteroatoms. The molecular weight excluding hydrogens is 278 g/mol. The Hall–Kier alpha value is -1.60. The molecule has 1 unspecified atom stereocenters. The van der Waals surface area contributed by atoms with Crippen LogP contribution in [-0.2, 0) is 11.2 Å². The lowest BCUT2D eigenvalue weighted by Crippen LogP contribution is -2.54. The summed E-state index contributed by atoms with van der Waals surface area (Å²) in [5.41, 5.74) is 0.775. The zero-order valence-corrected chi connectivity index (χ0v) is 11.9. The average molecular weight is 295 g/mol. The summed E-state index contributed by atoms with van der Waals surface area (Å²) in [6.07, 6.45) is 0.745. The highest BCUT2D eigenvalue weighted by molar-refractivity contribution is 7.10. The van der Waals surface area contributed by atoms with Gasteiger partial charge in [-0.2, -0.15) is 0 Å². The molecule has 1 aromatic heterocycles. The van der Waals surface area contributed by atoms with Gasteiger partial charge >= 0.3 is 12.0 Å². The molecule has 0 aromatic carbocycles. The molecule has 108 valence electrons. The largest absolute Gasteiger partial charge is 0.479 e. The minimum absolute atomic E-state index is 0.157. The van der Waals surface area contributed by atoms with Crippen LogP contribution in [0.4, 0.5) is 4.79 Å². The van der Waals surface area contributed by atoms with Crippen LogP contribution in [0.3, 0.4) is 0 Å². The Kier molecular flexibility index (Phi) is 3.62. The Morgan fingerprint density at radius 1 is 1.30 bits per heavy atom. The van der Waals surface area contributed by atoms with Gasteiger partial charge in [-0.05, 0) is 23.4 Å². The maximum Gasteiger partial charge on any atom is 0.331 e. The van der Waals surface area contributed by atoms with Crippen LogP contribution in [0.2, 0.25) is 0 Å². The summed E-state index contributed by atoms with van der Waals surface area (Å²) in [7, 11) is 0. The number of carboxylic acids is 1. The molecule has 0 aliphatic carbocycles. The van der Waals surface area contributed by atoms with E-state index in [2.05, 4.69) is 5.32 Å². The van der Waals surface area contributed by atoms with Gasteiger partial charge in [0.15, 0.2) is 6.04 Å². The van der Waals surface area contributed by atoms with Crippen LogP contribution in [0.1, 0.15) is 16.5 Å². The number of piperazine rings is 1. The Labute approximate surface area is 121 Å². The van der Waals surface area contributed by atoms with Crippen molar-refractivity contribution in [2.75, 3.05) is 32.7 Å². The van der Waals surface area contributed by atoms with E-state index in [1.54, 1.807) is 16.2 Å². The topological polar surface area (TPSA) is 72.9 Å². The van der Waals surface area contributed by atoms with Crippen molar-refractivity contribution in [3.05, 3.63) is 21.9 Å². The third kappa shape index (κ3) is 2.27. The molecule has 0 bridgehead atoms. The van der Waals surface area contributed by atoms with Crippen LogP contribution in [0, 0.1) is 0 Å². The van der Waals surface area contributed by atoms with E-state index in [4.69, 9.17) is 0 Å². The standard InChI is InChI=1S/C13H17N3O3S/c17-12(18)11-9-2-8-20-10(9)1-5-16(11)13(19)15-6-3-14-4-7-15/h2,8,11,14H,1,3-7H2,(H,17,18). The van der Waals surface area contributed by atoms with Gasteiger partial charge in [-0.15, -0.1) is 11.3 Å². The lowest BCUT2D eigenvalue weighted by Gasteiger charge is -2.38. The molecule has 1 atom stereocenters. The van der Waals surface area contributed by atoms with Crippen molar-refractivity contribution in [2.24, 2.45) is 0 Å². The van der Waals surface area contributed by atoms with Crippen LogP contribution in [0.15, 0.2) is 11.4 Å². The fourth-order valence-corrected chi connectivity index (χ4v) is 3.73. The molecule has 0 radical (unpaired) electrons. The minimum Gasteiger partial charge on any atom is -0.479 e. The number of nitrogens with one attached hydrogen (secondary N) is 1. The average Bonchev–Trinajstić information content (AvgIpc) is 2.94. The van der Waals surface area contributed by atoms with Gasteiger partial charge in [0.1, 0.15) is 0 Å². The quantitative estimate of drug-likeness (QED) is 0.802. The van der Waals surface area contributed by atoms with Crippen LogP contribution in [-0.4, -0.2) is 59.6 Å². The van der Waals surface area contributed by atoms with Crippen molar-refractivity contribution in [1.82, 2.24) is 15.1 Å². The summed E-state index contributed by atoms with van der Waals surface area (Å²) < 4.78 is 0. The van der Waals surface area contributed by atoms with Crippen molar-refractivity contribution >= 4 is 23.3 Å². The minimum atomic E-state index is -0.951. The molecule has 6 nitrogen and oxygen atoms in total. The molecule has 2 aliphatic rings. The van der Waals surface area contributed by atoms with Crippen LogP contribution in [0.5, 0.6) is 0 Å². The second-order valence-electron chi connectivity index (χ2n) is 5.00. The Morgan fingerprint density at radius 3 is 2.75 bits per heavy atom. The van der Waals surface area contributed by atoms with Crippen LogP contribution < -0.4 is 5.32 Å². The van der Waals surface area contributed by atoms with Crippen LogP contribution >= 0.6 is 11.3 Å². The Morgan fingerprint density at radius 2 is 2.05 bits per heavy atom. The van der Waals surface area contributed by atoms with E-state index in [-0.39, 0.29) is 6.03 Å². The fourth-order valence-electron chi connectivity index (χ4n) is 2.83. The second kappa shape index (κ2) is 5.41. The second-order valence-corrected chi connectivity index (χ2v) is 6.00. The van der Waals surface area contributed by atoms with E-state index in [0.717, 1.165) is 30.0 Å². The normalized spacial score (nSPS) is 22.5. The van der Waals surface area contributed by atoms with E-state index in [1.807, 2.05) is 11.4 Å². The number of hydrogen-bond donors (Lipinski definition) is 2. The summed E-state index contributed by atoms with van der Waals surface area (Å²) >= 11 is 1.57. The zero-order valence-electron chi connectivity index (χ0n) is 11.0. The number of thiophene rings is 1. The predicted molar refractivity (Wildman–Crippen MR) is 74.9 cm³/mol. The SMILES string of the molecule is O=C(O)C1c2ccsc2CCN1C(=O)N1CCNCC1. The summed E-state index contributed by atoms with van der Waals surface area (Å²) in [5, 5.41) is 14.6. The number of carboxylic acid groups (broad SMARTS) is 1. The maximum absolute atomic E-state index is 12.6. The molecule has 3 heterocycles. The first-order chi connectivity index (χ1) is 9.68. The molecule has 20 heavy (non-hydrogen) atoms. The number of urea groups is 1. The number of carbonyl (C=O) groups excluding carboxylic acids is 1. The third-order valence-electron chi connectivity index (χ3n) is 3.83. The van der Waals surface area contributed by atoms with E-state index >= 15 is 0 Å². The maximum atomic E-state index is 12.6. The number of nitrogens with zero attached hydrogens (tertiary/aromatic N) is 2. The highest BCUT2D eigenvalue weighted by atomic mass is 32.1. The molecule has 1 saturated heterocycles. The highest BCUT2D eigenvalue weighted by Gasteiger charge is 2.38. The van der Waals surface area contributed by atoms with E-state index < -0.39 is 12.0 Å². The summed E-state index contributed by atoms with van der Waals surface area (Å²) in [4.78, 5) is 28.5. The van der Waals surface area contributed by atoms with E-state index in [0.29, 0.717) is 19.6 Å². The van der Waals surface area contributed by atoms with Crippen molar-refractivity contribution in [3.63, 3.8) is 0 Å². The van der Waals surface area contributed by atoms with Crippen LogP contribution in [0.25, 0.3) is 0 Å². The van der Waals surface area contributed by atoms with E-state index in [1.165, 1.54) is 4.90 Å². The molecule has 3 rings (SSSR count). The number of hydrogen-bond acceptors (Lipinski definition) is 4. The smallest absolute Gasteiger partial charge is 0.331 e. The molecule has 2 amide bonds. The number of aliphatic carboxylic acids is 1. The van der Waals surface area contributed by atoms with Crippen molar-refractivity contribution in [2.45, 2.75) is 12.5 Å². The van der Waals surface area contributed by atoms with Crippen molar-refractivity contribution in [1.29, 1.82) is 0 Å². The predicted octanol–water partition coefficient (Wildman–Crippen LogP) is 0.757. The van der Waals surface area contributed by atoms with E-state index in [9.17, 15) is 14.7 Å². The molecule has 2 aliphatic heterocycles. The highest BCUT2D eigenvalue weighted by Crippen LogP contribution is 2.34. The van der Waals surface area contributed by atoms with Gasteiger partial charge in [0.05, 0.1) is 0 Å². The zero-order chi connectivity index (χ0) is 14.1. The van der Waals surface area contributed by atoms with Gasteiger partial charge in [-0.3, -0.25) is 0 Å². The van der Waals surface area contributed by atoms with Gasteiger partial charge in [-0.25, -0.2) is 9.59 Å². The van der Waals surface area contributed by atoms with Crippen molar-refractivity contribution in [3.8, 4) is 0 Å². The van der Waals surface area contributed by atoms with Gasteiger partial charge in [0, 0.05) is 37.6 Å². The number of rotatable bonds is 1. The molecule has 2 N–H and O–H groups in total. The summed E-state index contributed by atoms with van der Waals surface area (Å²) in [5.74, 6) is -0.951.